The second-order valence-electron chi connectivity index (χ2n) is 11.7. The lowest BCUT2D eigenvalue weighted by atomic mass is 9.99. The minimum Gasteiger partial charge on any atom is -0.448 e. The largest absolute Gasteiger partial charge is 0.448 e. The fraction of sp³-hybridized carbons (Fsp3) is 0.441. The quantitative estimate of drug-likeness (QED) is 0.294. The molecule has 240 valence electrons. The minimum absolute atomic E-state index is 0.0556. The zero-order valence-corrected chi connectivity index (χ0v) is 27.6. The molecule has 1 aromatic heterocycles. The summed E-state index contributed by atoms with van der Waals surface area (Å²) in [6.45, 7) is 7.64. The molecule has 0 saturated carbocycles. The highest BCUT2D eigenvalue weighted by Crippen LogP contribution is 2.34. The van der Waals surface area contributed by atoms with Gasteiger partial charge in [0.25, 0.3) is 11.8 Å². The third kappa shape index (κ3) is 8.98. The van der Waals surface area contributed by atoms with E-state index in [4.69, 9.17) is 9.47 Å². The number of rotatable bonds is 12. The lowest BCUT2D eigenvalue weighted by Crippen LogP contribution is -2.53. The monoisotopic (exact) mass is 634 g/mol. The molecule has 3 aromatic rings. The van der Waals surface area contributed by atoms with Crippen molar-refractivity contribution in [1.29, 1.82) is 0 Å². The van der Waals surface area contributed by atoms with Crippen LogP contribution in [0.1, 0.15) is 71.2 Å². The second-order valence-corrected chi connectivity index (χ2v) is 12.7. The van der Waals surface area contributed by atoms with Crippen molar-refractivity contribution in [3.05, 3.63) is 86.4 Å². The summed E-state index contributed by atoms with van der Waals surface area (Å²) < 4.78 is 10.8. The Hall–Kier alpha value is -4.09. The zero-order valence-electron chi connectivity index (χ0n) is 26.8. The molecule has 0 radical (unpaired) electrons. The number of amides is 2. The number of hydrogen-bond donors (Lipinski definition) is 1. The van der Waals surface area contributed by atoms with E-state index in [0.717, 1.165) is 43.6 Å². The van der Waals surface area contributed by atoms with Gasteiger partial charge >= 0.3 is 11.9 Å². The molecule has 1 N–H and O–H groups in total. The summed E-state index contributed by atoms with van der Waals surface area (Å²) in [6, 6.07) is 13.9. The minimum atomic E-state index is -1.67. The van der Waals surface area contributed by atoms with Gasteiger partial charge in [-0.3, -0.25) is 19.2 Å². The molecule has 2 amide bonds. The third-order valence-corrected chi connectivity index (χ3v) is 8.65. The van der Waals surface area contributed by atoms with Crippen molar-refractivity contribution in [2.24, 2.45) is 0 Å². The summed E-state index contributed by atoms with van der Waals surface area (Å²) in [7, 11) is 3.98. The third-order valence-electron chi connectivity index (χ3n) is 7.75. The fourth-order valence-electron chi connectivity index (χ4n) is 5.74. The first-order valence-corrected chi connectivity index (χ1v) is 16.0. The van der Waals surface area contributed by atoms with E-state index in [-0.39, 0.29) is 12.6 Å². The summed E-state index contributed by atoms with van der Waals surface area (Å²) in [5.74, 6) is -2.88. The molecule has 2 heterocycles. The summed E-state index contributed by atoms with van der Waals surface area (Å²) in [4.78, 5) is 60.2. The Bertz CT molecular complexity index is 1520. The van der Waals surface area contributed by atoms with Crippen LogP contribution in [0.5, 0.6) is 0 Å². The number of carbonyl (C=O) groups excluding carboxylic acids is 4. The molecule has 0 spiro atoms. The van der Waals surface area contributed by atoms with Gasteiger partial charge in [-0.1, -0.05) is 42.5 Å². The van der Waals surface area contributed by atoms with Gasteiger partial charge in [-0.2, -0.15) is 0 Å². The SMILES string of the molecule is CC(=O)O[C@@H](C(=O)NCc1nc(Cc2c(C)cccc2C)cs1)[C@@H](OC(C)=O)C(=O)N1CCCC1c1cccc(CN(C)C)c1. The van der Waals surface area contributed by atoms with Crippen LogP contribution in [-0.2, 0) is 48.2 Å². The van der Waals surface area contributed by atoms with Gasteiger partial charge in [0.2, 0.25) is 12.2 Å². The van der Waals surface area contributed by atoms with Crippen LogP contribution in [-0.4, -0.2) is 71.4 Å². The van der Waals surface area contributed by atoms with E-state index >= 15 is 0 Å². The van der Waals surface area contributed by atoms with Crippen LogP contribution in [0.15, 0.2) is 47.8 Å². The standard InChI is InChI=1S/C34H42N4O6S/c1-21-10-7-11-22(2)28(21)17-27-20-45-30(36-27)18-35-33(41)31(43-23(3)39)32(44-24(4)40)34(42)38-15-9-14-29(38)26-13-8-12-25(16-26)19-37(5)6/h7-8,10-13,16,20,29,31-32H,9,14-15,17-19H2,1-6H3,(H,35,41)/t29?,31-,32-/m1/s1. The van der Waals surface area contributed by atoms with Crippen molar-refractivity contribution in [3.8, 4) is 0 Å². The maximum atomic E-state index is 14.0. The Morgan fingerprint density at radius 1 is 1.02 bits per heavy atom. The van der Waals surface area contributed by atoms with Crippen molar-refractivity contribution in [3.63, 3.8) is 0 Å². The van der Waals surface area contributed by atoms with Gasteiger partial charge in [0.15, 0.2) is 0 Å². The molecule has 11 heteroatoms. The molecule has 2 aromatic carbocycles. The number of esters is 2. The maximum absolute atomic E-state index is 14.0. The number of carbonyl (C=O) groups is 4. The summed E-state index contributed by atoms with van der Waals surface area (Å²) in [6.07, 6.45) is -1.21. The zero-order chi connectivity index (χ0) is 32.7. The number of likely N-dealkylation sites (tertiary alicyclic amines) is 1. The number of ether oxygens (including phenoxy) is 2. The Kier molecular flexibility index (Phi) is 11.5. The number of nitrogens with one attached hydrogen (secondary N) is 1. The smallest absolute Gasteiger partial charge is 0.303 e. The fourth-order valence-corrected chi connectivity index (χ4v) is 6.47. The number of benzene rings is 2. The van der Waals surface area contributed by atoms with Crippen molar-refractivity contribution in [2.45, 2.75) is 78.3 Å². The predicted octanol–water partition coefficient (Wildman–Crippen LogP) is 4.26. The van der Waals surface area contributed by atoms with Crippen molar-refractivity contribution >= 4 is 35.1 Å². The summed E-state index contributed by atoms with van der Waals surface area (Å²) in [5.41, 5.74) is 6.51. The molecule has 0 aliphatic carbocycles. The van der Waals surface area contributed by atoms with Gasteiger partial charge in [-0.15, -0.1) is 11.3 Å². The molecule has 1 aliphatic rings. The van der Waals surface area contributed by atoms with Crippen LogP contribution >= 0.6 is 11.3 Å². The van der Waals surface area contributed by atoms with Gasteiger partial charge in [-0.05, 0) is 68.6 Å². The number of nitrogens with zero attached hydrogens (tertiary/aromatic N) is 3. The first kappa shape index (κ1) is 33.8. The molecule has 4 rings (SSSR count). The molecule has 1 unspecified atom stereocenters. The van der Waals surface area contributed by atoms with Crippen LogP contribution in [0.3, 0.4) is 0 Å². The van der Waals surface area contributed by atoms with Crippen molar-refractivity contribution in [1.82, 2.24) is 20.1 Å². The van der Waals surface area contributed by atoms with Crippen LogP contribution in [0, 0.1) is 13.8 Å². The Morgan fingerprint density at radius 2 is 1.69 bits per heavy atom. The second kappa shape index (κ2) is 15.3. The molecular weight excluding hydrogens is 592 g/mol. The average molecular weight is 635 g/mol. The molecule has 45 heavy (non-hydrogen) atoms. The van der Waals surface area contributed by atoms with Crippen molar-refractivity contribution < 1.29 is 28.7 Å². The van der Waals surface area contributed by atoms with E-state index in [2.05, 4.69) is 47.2 Å². The van der Waals surface area contributed by atoms with Gasteiger partial charge in [-0.25, -0.2) is 4.98 Å². The average Bonchev–Trinajstić information content (AvgIpc) is 3.65. The molecule has 1 saturated heterocycles. The summed E-state index contributed by atoms with van der Waals surface area (Å²) >= 11 is 1.40. The lowest BCUT2D eigenvalue weighted by molar-refractivity contribution is -0.178. The van der Waals surface area contributed by atoms with Crippen LogP contribution in [0.2, 0.25) is 0 Å². The highest BCUT2D eigenvalue weighted by atomic mass is 32.1. The number of thiazole rings is 1. The van der Waals surface area contributed by atoms with E-state index in [1.165, 1.54) is 28.0 Å². The Labute approximate surface area is 268 Å². The van der Waals surface area contributed by atoms with Crippen LogP contribution in [0.25, 0.3) is 0 Å². The van der Waals surface area contributed by atoms with Gasteiger partial charge in [0.05, 0.1) is 18.3 Å². The molecule has 1 fully saturated rings. The molecular formula is C34H42N4O6S. The van der Waals surface area contributed by atoms with Crippen LogP contribution in [0.4, 0.5) is 0 Å². The van der Waals surface area contributed by atoms with E-state index in [0.29, 0.717) is 24.4 Å². The maximum Gasteiger partial charge on any atom is 0.303 e. The number of hydrogen-bond acceptors (Lipinski definition) is 9. The molecule has 3 atom stereocenters. The highest BCUT2D eigenvalue weighted by Gasteiger charge is 2.44. The Balaban J connectivity index is 1.51. The van der Waals surface area contributed by atoms with Gasteiger partial charge in [0.1, 0.15) is 5.01 Å². The normalized spacial score (nSPS) is 15.9. The molecule has 0 bridgehead atoms. The first-order valence-electron chi connectivity index (χ1n) is 15.1. The van der Waals surface area contributed by atoms with E-state index in [9.17, 15) is 19.2 Å². The first-order chi connectivity index (χ1) is 21.4. The van der Waals surface area contributed by atoms with Gasteiger partial charge in [0, 0.05) is 38.7 Å². The van der Waals surface area contributed by atoms with Gasteiger partial charge < -0.3 is 24.6 Å². The van der Waals surface area contributed by atoms with E-state index in [1.807, 2.05) is 43.7 Å². The van der Waals surface area contributed by atoms with Crippen LogP contribution < -0.4 is 5.32 Å². The van der Waals surface area contributed by atoms with E-state index < -0.39 is 36.0 Å². The predicted molar refractivity (Wildman–Crippen MR) is 171 cm³/mol. The Morgan fingerprint density at radius 3 is 2.36 bits per heavy atom. The molecule has 10 nitrogen and oxygen atoms in total. The number of aryl methyl sites for hydroxylation is 2. The van der Waals surface area contributed by atoms with Crippen molar-refractivity contribution in [2.75, 3.05) is 20.6 Å². The summed E-state index contributed by atoms with van der Waals surface area (Å²) in [5, 5.41) is 5.34. The topological polar surface area (TPSA) is 118 Å². The molecule has 1 aliphatic heterocycles. The lowest BCUT2D eigenvalue weighted by Gasteiger charge is -2.31. The number of aromatic nitrogens is 1. The highest BCUT2D eigenvalue weighted by molar-refractivity contribution is 7.09. The van der Waals surface area contributed by atoms with E-state index in [1.54, 1.807) is 4.90 Å².